The van der Waals surface area contributed by atoms with Crippen molar-refractivity contribution in [2.45, 2.75) is 37.6 Å². The van der Waals surface area contributed by atoms with Crippen molar-refractivity contribution in [1.82, 2.24) is 10.2 Å². The highest BCUT2D eigenvalue weighted by molar-refractivity contribution is 6.22. The van der Waals surface area contributed by atoms with E-state index in [1.807, 2.05) is 0 Å². The molecule has 158 valence electrons. The number of nitrogens with zero attached hydrogens (tertiary/aromatic N) is 1. The van der Waals surface area contributed by atoms with Gasteiger partial charge >= 0.3 is 5.97 Å². The van der Waals surface area contributed by atoms with Crippen molar-refractivity contribution in [3.8, 4) is 0 Å². The molecule has 29 heavy (non-hydrogen) atoms. The minimum Gasteiger partial charge on any atom is -0.480 e. The van der Waals surface area contributed by atoms with Gasteiger partial charge in [0, 0.05) is 33.7 Å². The lowest BCUT2D eigenvalue weighted by Crippen LogP contribution is -2.53. The number of rotatable bonds is 11. The predicted molar refractivity (Wildman–Crippen MR) is 99.0 cm³/mol. The Hall–Kier alpha value is -2.82. The van der Waals surface area contributed by atoms with Crippen molar-refractivity contribution >= 4 is 23.7 Å². The zero-order chi connectivity index (χ0) is 21.6. The monoisotopic (exact) mass is 408 g/mol. The summed E-state index contributed by atoms with van der Waals surface area (Å²) in [5.41, 5.74) is 0.317. The molecule has 1 aromatic rings. The molecule has 0 radical (unpaired) electrons. The normalized spacial score (nSPS) is 15.4. The maximum Gasteiger partial charge on any atom is 0.326 e. The number of benzene rings is 1. The first-order valence-electron chi connectivity index (χ1n) is 9.02. The van der Waals surface area contributed by atoms with E-state index in [4.69, 9.17) is 9.47 Å². The number of hydrogen-bond donors (Lipinski definition) is 3. The molecule has 2 atom stereocenters. The average Bonchev–Trinajstić information content (AvgIpc) is 2.96. The number of nitrogens with one attached hydrogen (secondary N) is 1. The van der Waals surface area contributed by atoms with Gasteiger partial charge in [-0.25, -0.2) is 4.79 Å². The van der Waals surface area contributed by atoms with Gasteiger partial charge in [0.05, 0.1) is 11.1 Å². The number of carboxylic acids is 1. The van der Waals surface area contributed by atoms with Gasteiger partial charge in [-0.05, 0) is 18.6 Å². The summed E-state index contributed by atoms with van der Waals surface area (Å²) in [7, 11) is 2.81. The Bertz CT molecular complexity index is 742. The highest BCUT2D eigenvalue weighted by Gasteiger charge is 2.43. The number of carboxylic acid groups (broad SMARTS) is 1. The number of aliphatic hydroxyl groups is 1. The van der Waals surface area contributed by atoms with E-state index in [9.17, 15) is 29.4 Å². The molecule has 0 unspecified atom stereocenters. The van der Waals surface area contributed by atoms with Crippen LogP contribution in [0.3, 0.4) is 0 Å². The molecule has 3 N–H and O–H groups in total. The lowest BCUT2D eigenvalue weighted by Gasteiger charge is -2.26. The quantitative estimate of drug-likeness (QED) is 0.343. The summed E-state index contributed by atoms with van der Waals surface area (Å²) < 4.78 is 10.0. The van der Waals surface area contributed by atoms with Crippen molar-refractivity contribution in [1.29, 1.82) is 0 Å². The van der Waals surface area contributed by atoms with Crippen molar-refractivity contribution in [2.24, 2.45) is 0 Å². The fraction of sp³-hybridized carbons (Fsp3) is 0.474. The van der Waals surface area contributed by atoms with E-state index in [2.05, 4.69) is 5.32 Å². The number of carbonyl (C=O) groups is 4. The molecule has 0 aliphatic carbocycles. The Kier molecular flexibility index (Phi) is 7.82. The lowest BCUT2D eigenvalue weighted by molar-refractivity contribution is -0.144. The van der Waals surface area contributed by atoms with E-state index >= 15 is 0 Å². The smallest absolute Gasteiger partial charge is 0.326 e. The molecule has 1 aliphatic heterocycles. The van der Waals surface area contributed by atoms with Gasteiger partial charge in [0.25, 0.3) is 11.8 Å². The van der Waals surface area contributed by atoms with E-state index in [0.717, 1.165) is 4.90 Å². The summed E-state index contributed by atoms with van der Waals surface area (Å²) in [6.07, 6.45) is -0.663. The van der Waals surface area contributed by atoms with E-state index in [1.54, 1.807) is 12.1 Å². The summed E-state index contributed by atoms with van der Waals surface area (Å²) in [5.74, 6) is -3.45. The third-order valence-electron chi connectivity index (χ3n) is 4.67. The van der Waals surface area contributed by atoms with Gasteiger partial charge < -0.3 is 25.0 Å². The second-order valence-electron chi connectivity index (χ2n) is 6.43. The van der Waals surface area contributed by atoms with Gasteiger partial charge in [-0.2, -0.15) is 0 Å². The van der Waals surface area contributed by atoms with Crippen LogP contribution in [0.4, 0.5) is 0 Å². The molecule has 10 heteroatoms. The summed E-state index contributed by atoms with van der Waals surface area (Å²) in [6.45, 7) is -0.474. The Morgan fingerprint density at radius 2 is 1.59 bits per heavy atom. The lowest BCUT2D eigenvalue weighted by atomic mass is 10.1. The minimum atomic E-state index is -1.34. The highest BCUT2D eigenvalue weighted by Crippen LogP contribution is 2.25. The van der Waals surface area contributed by atoms with E-state index < -0.39 is 48.7 Å². The van der Waals surface area contributed by atoms with Crippen LogP contribution in [0.25, 0.3) is 0 Å². The molecule has 0 spiro atoms. The topological polar surface area (TPSA) is 142 Å². The predicted octanol–water partition coefficient (Wildman–Crippen LogP) is 0.00210. The van der Waals surface area contributed by atoms with E-state index in [0.29, 0.717) is 0 Å². The van der Waals surface area contributed by atoms with E-state index in [1.165, 1.54) is 26.4 Å². The molecule has 3 amide bonds. The van der Waals surface area contributed by atoms with Gasteiger partial charge in [0.1, 0.15) is 12.1 Å². The van der Waals surface area contributed by atoms with Crippen LogP contribution in [-0.4, -0.2) is 78.0 Å². The van der Waals surface area contributed by atoms with Gasteiger partial charge in [0.15, 0.2) is 6.29 Å². The number of imide groups is 1. The second-order valence-corrected chi connectivity index (χ2v) is 6.43. The molecule has 0 fully saturated rings. The summed E-state index contributed by atoms with van der Waals surface area (Å²) >= 11 is 0. The van der Waals surface area contributed by atoms with Crippen LogP contribution in [0, 0.1) is 0 Å². The van der Waals surface area contributed by atoms with Gasteiger partial charge in [0.2, 0.25) is 5.91 Å². The zero-order valence-corrected chi connectivity index (χ0v) is 16.2. The number of aliphatic hydroxyl groups excluding tert-OH is 1. The van der Waals surface area contributed by atoms with Crippen molar-refractivity contribution < 1.29 is 38.9 Å². The fourth-order valence-corrected chi connectivity index (χ4v) is 3.15. The summed E-state index contributed by atoms with van der Waals surface area (Å²) in [6, 6.07) is 3.51. The molecular formula is C19H24N2O8. The maximum absolute atomic E-state index is 12.8. The van der Waals surface area contributed by atoms with Gasteiger partial charge in [-0.15, -0.1) is 0 Å². The molecule has 1 heterocycles. The number of carbonyl (C=O) groups excluding carboxylic acids is 3. The zero-order valence-electron chi connectivity index (χ0n) is 16.2. The van der Waals surface area contributed by atoms with Crippen LogP contribution >= 0.6 is 0 Å². The van der Waals surface area contributed by atoms with E-state index in [-0.39, 0.29) is 30.4 Å². The number of methoxy groups -OCH3 is 2. The van der Waals surface area contributed by atoms with Crippen molar-refractivity contribution in [3.05, 3.63) is 35.4 Å². The molecule has 1 aliphatic rings. The molecule has 10 nitrogen and oxygen atoms in total. The molecule has 2 rings (SSSR count). The van der Waals surface area contributed by atoms with Gasteiger partial charge in [-0.3, -0.25) is 19.3 Å². The van der Waals surface area contributed by atoms with Crippen molar-refractivity contribution in [3.63, 3.8) is 0 Å². The minimum absolute atomic E-state index is 0.00137. The van der Waals surface area contributed by atoms with Crippen LogP contribution in [0.5, 0.6) is 0 Å². The SMILES string of the molecule is COC(CC[C@H](NC(=O)[C@H](CCO)N1C(=O)c2ccccc2C1=O)C(=O)O)OC. The Morgan fingerprint density at radius 3 is 2.03 bits per heavy atom. The Balaban J connectivity index is 2.17. The van der Waals surface area contributed by atoms with Gasteiger partial charge in [-0.1, -0.05) is 12.1 Å². The number of aliphatic carboxylic acids is 1. The number of fused-ring (bicyclic) bond motifs is 1. The van der Waals surface area contributed by atoms with Crippen molar-refractivity contribution in [2.75, 3.05) is 20.8 Å². The fourth-order valence-electron chi connectivity index (χ4n) is 3.15. The number of hydrogen-bond acceptors (Lipinski definition) is 7. The Morgan fingerprint density at radius 1 is 1.03 bits per heavy atom. The van der Waals surface area contributed by atoms with Crippen LogP contribution in [-0.2, 0) is 19.1 Å². The van der Waals surface area contributed by atoms with Crippen LogP contribution in [0.1, 0.15) is 40.0 Å². The highest BCUT2D eigenvalue weighted by atomic mass is 16.7. The standard InChI is InChI=1S/C19H24N2O8/c1-28-15(29-2)8-7-13(19(26)27)20-16(23)14(9-10-22)21-17(24)11-5-3-4-6-12(11)18(21)25/h3-6,13-15,22H,7-10H2,1-2H3,(H,20,23)(H,26,27)/t13-,14-/m0/s1. The first-order chi connectivity index (χ1) is 13.8. The average molecular weight is 408 g/mol. The maximum atomic E-state index is 12.8. The number of ether oxygens (including phenoxy) is 2. The van der Waals surface area contributed by atoms with Crippen LogP contribution in [0.2, 0.25) is 0 Å². The molecular weight excluding hydrogens is 384 g/mol. The third kappa shape index (κ3) is 4.97. The first-order valence-corrected chi connectivity index (χ1v) is 9.02. The third-order valence-corrected chi connectivity index (χ3v) is 4.67. The second kappa shape index (κ2) is 10.1. The molecule has 0 aromatic heterocycles. The molecule has 0 saturated carbocycles. The van der Waals surface area contributed by atoms with Crippen LogP contribution in [0.15, 0.2) is 24.3 Å². The summed E-state index contributed by atoms with van der Waals surface area (Å²) in [5, 5.41) is 21.1. The molecule has 0 bridgehead atoms. The Labute approximate surface area is 167 Å². The largest absolute Gasteiger partial charge is 0.480 e. The summed E-state index contributed by atoms with van der Waals surface area (Å²) in [4.78, 5) is 50.3. The van der Waals surface area contributed by atoms with Crippen LogP contribution < -0.4 is 5.32 Å². The number of amides is 3. The molecule has 0 saturated heterocycles. The molecule has 1 aromatic carbocycles. The first kappa shape index (κ1) is 22.5.